The molecule has 0 bridgehead atoms. The van der Waals surface area contributed by atoms with E-state index in [1.54, 1.807) is 12.1 Å². The van der Waals surface area contributed by atoms with Crippen molar-refractivity contribution in [2.24, 2.45) is 0 Å². The molecule has 0 spiro atoms. The molecule has 0 saturated heterocycles. The Hall–Kier alpha value is -4.48. The third-order valence-electron chi connectivity index (χ3n) is 6.60. The zero-order valence-corrected chi connectivity index (χ0v) is 22.7. The van der Waals surface area contributed by atoms with Gasteiger partial charge in [-0.2, -0.15) is 10.2 Å². The van der Waals surface area contributed by atoms with Crippen LogP contribution >= 0.6 is 0 Å². The first-order chi connectivity index (χ1) is 19.1. The normalized spacial score (nSPS) is 14.1. The molecule has 0 fully saturated rings. The summed E-state index contributed by atoms with van der Waals surface area (Å²) in [6, 6.07) is 22.0. The van der Waals surface area contributed by atoms with Crippen molar-refractivity contribution in [1.82, 2.24) is 25.4 Å². The van der Waals surface area contributed by atoms with Crippen LogP contribution in [0.2, 0.25) is 0 Å². The van der Waals surface area contributed by atoms with Crippen LogP contribution < -0.4 is 10.1 Å². The molecule has 1 aliphatic carbocycles. The number of para-hydroxylation sites is 2. The Morgan fingerprint density at radius 1 is 1.10 bits per heavy atom. The number of aromatic nitrogens is 4. The number of hydrogen-bond acceptors (Lipinski definition) is 7. The fourth-order valence-corrected chi connectivity index (χ4v) is 4.94. The maximum absolute atomic E-state index is 9.56. The van der Waals surface area contributed by atoms with E-state index >= 15 is 0 Å². The van der Waals surface area contributed by atoms with Crippen molar-refractivity contribution in [3.63, 3.8) is 0 Å². The molecule has 5 aromatic rings. The first-order valence-electron chi connectivity index (χ1n) is 13.4. The molecule has 0 aliphatic heterocycles. The van der Waals surface area contributed by atoms with Crippen LogP contribution in [0.1, 0.15) is 62.7 Å². The number of nitrogens with zero attached hydrogens (tertiary/aromatic N) is 4. The van der Waals surface area contributed by atoms with Gasteiger partial charge in [-0.1, -0.05) is 49.3 Å². The van der Waals surface area contributed by atoms with E-state index in [4.69, 9.17) is 9.26 Å². The number of H-pyrrole nitrogens is 1. The maximum Gasteiger partial charge on any atom is 0.258 e. The van der Waals surface area contributed by atoms with Crippen molar-refractivity contribution in [2.45, 2.75) is 59.2 Å². The van der Waals surface area contributed by atoms with Crippen molar-refractivity contribution in [2.75, 3.05) is 0 Å². The third kappa shape index (κ3) is 5.40. The van der Waals surface area contributed by atoms with Gasteiger partial charge in [0, 0.05) is 17.2 Å². The van der Waals surface area contributed by atoms with Crippen molar-refractivity contribution in [1.29, 1.82) is 5.26 Å². The first-order valence-corrected chi connectivity index (χ1v) is 13.4. The summed E-state index contributed by atoms with van der Waals surface area (Å²) in [4.78, 5) is 12.7. The Kier molecular flexibility index (Phi) is 7.71. The molecule has 1 unspecified atom stereocenters. The molecular weight excluding hydrogens is 488 g/mol. The SMILES string of the molecule is CC.CC(C)Oc1ccc(-c2nc(-c3cccc4c3CCC4NCc3nc4ccccc4[nH]3)no2)cc1C#N. The smallest absolute Gasteiger partial charge is 0.258 e. The fraction of sp³-hybridized carbons (Fsp3) is 0.290. The lowest BCUT2D eigenvalue weighted by Crippen LogP contribution is -2.19. The summed E-state index contributed by atoms with van der Waals surface area (Å²) in [6.07, 6.45) is 1.89. The van der Waals surface area contributed by atoms with Crippen LogP contribution in [0.3, 0.4) is 0 Å². The van der Waals surface area contributed by atoms with Gasteiger partial charge < -0.3 is 19.6 Å². The second-order valence-corrected chi connectivity index (χ2v) is 9.46. The summed E-state index contributed by atoms with van der Waals surface area (Å²) in [7, 11) is 0. The van der Waals surface area contributed by atoms with Crippen molar-refractivity contribution in [3.05, 3.63) is 83.2 Å². The second-order valence-electron chi connectivity index (χ2n) is 9.46. The number of ether oxygens (including phenoxy) is 1. The highest BCUT2D eigenvalue weighted by Gasteiger charge is 2.26. The molecule has 0 saturated carbocycles. The molecule has 1 atom stereocenters. The predicted molar refractivity (Wildman–Crippen MR) is 151 cm³/mol. The quantitative estimate of drug-likeness (QED) is 0.244. The molecule has 0 amide bonds. The molecule has 0 radical (unpaired) electrons. The Bertz CT molecular complexity index is 1590. The van der Waals surface area contributed by atoms with E-state index in [0.717, 1.165) is 35.3 Å². The zero-order chi connectivity index (χ0) is 27.4. The molecule has 3 aromatic carbocycles. The largest absolute Gasteiger partial charge is 0.490 e. The fourth-order valence-electron chi connectivity index (χ4n) is 4.94. The van der Waals surface area contributed by atoms with E-state index in [-0.39, 0.29) is 12.1 Å². The van der Waals surface area contributed by atoms with Gasteiger partial charge in [0.05, 0.1) is 29.2 Å². The topological polar surface area (TPSA) is 113 Å². The van der Waals surface area contributed by atoms with Gasteiger partial charge in [0.1, 0.15) is 17.6 Å². The van der Waals surface area contributed by atoms with Gasteiger partial charge in [-0.05, 0) is 68.1 Å². The lowest BCUT2D eigenvalue weighted by molar-refractivity contribution is 0.241. The monoisotopic (exact) mass is 520 g/mol. The summed E-state index contributed by atoms with van der Waals surface area (Å²) in [5, 5.41) is 17.5. The van der Waals surface area contributed by atoms with Crippen LogP contribution in [-0.2, 0) is 13.0 Å². The van der Waals surface area contributed by atoms with Gasteiger partial charge in [-0.3, -0.25) is 0 Å². The summed E-state index contributed by atoms with van der Waals surface area (Å²) >= 11 is 0. The van der Waals surface area contributed by atoms with Crippen LogP contribution in [0.25, 0.3) is 33.9 Å². The van der Waals surface area contributed by atoms with Gasteiger partial charge in [-0.25, -0.2) is 4.98 Å². The van der Waals surface area contributed by atoms with Crippen LogP contribution in [0, 0.1) is 11.3 Å². The van der Waals surface area contributed by atoms with Crippen LogP contribution in [0.15, 0.2) is 65.2 Å². The Morgan fingerprint density at radius 2 is 1.95 bits per heavy atom. The first kappa shape index (κ1) is 26.1. The number of nitriles is 1. The molecule has 2 N–H and O–H groups in total. The number of aromatic amines is 1. The van der Waals surface area contributed by atoms with Gasteiger partial charge >= 0.3 is 0 Å². The highest BCUT2D eigenvalue weighted by molar-refractivity contribution is 5.74. The number of hydrogen-bond donors (Lipinski definition) is 2. The number of fused-ring (bicyclic) bond motifs is 2. The van der Waals surface area contributed by atoms with E-state index in [0.29, 0.717) is 35.1 Å². The number of nitrogens with one attached hydrogen (secondary N) is 2. The van der Waals surface area contributed by atoms with Crippen LogP contribution in [0.5, 0.6) is 5.75 Å². The number of benzene rings is 3. The lowest BCUT2D eigenvalue weighted by atomic mass is 10.0. The van der Waals surface area contributed by atoms with Crippen molar-refractivity contribution in [3.8, 4) is 34.7 Å². The van der Waals surface area contributed by atoms with E-state index in [1.807, 2.05) is 70.2 Å². The number of rotatable bonds is 7. The highest BCUT2D eigenvalue weighted by Crippen LogP contribution is 2.37. The van der Waals surface area contributed by atoms with E-state index in [9.17, 15) is 5.26 Å². The van der Waals surface area contributed by atoms with E-state index in [2.05, 4.69) is 37.6 Å². The Balaban J connectivity index is 0.00000151. The standard InChI is InChI=1S/C29H26N6O2.C2H6/c1-17(2)36-26-13-10-18(14-19(26)15-30)29-34-28(35-37-29)22-7-5-6-21-20(22)11-12-23(21)31-16-27-32-24-8-3-4-9-25(24)33-27;1-2/h3-10,13-14,17,23,31H,11-12,16H2,1-2H3,(H,32,33);1-2H3. The molecule has 39 heavy (non-hydrogen) atoms. The second kappa shape index (κ2) is 11.5. The maximum atomic E-state index is 9.56. The molecule has 1 aliphatic rings. The predicted octanol–water partition coefficient (Wildman–Crippen LogP) is 6.74. The van der Waals surface area contributed by atoms with Gasteiger partial charge in [-0.15, -0.1) is 0 Å². The van der Waals surface area contributed by atoms with Crippen LogP contribution in [0.4, 0.5) is 0 Å². The van der Waals surface area contributed by atoms with Gasteiger partial charge in [0.2, 0.25) is 5.82 Å². The molecule has 2 heterocycles. The minimum Gasteiger partial charge on any atom is -0.490 e. The van der Waals surface area contributed by atoms with Gasteiger partial charge in [0.15, 0.2) is 0 Å². The van der Waals surface area contributed by atoms with E-state index < -0.39 is 0 Å². The van der Waals surface area contributed by atoms with Crippen molar-refractivity contribution < 1.29 is 9.26 Å². The Morgan fingerprint density at radius 3 is 2.74 bits per heavy atom. The van der Waals surface area contributed by atoms with E-state index in [1.165, 1.54) is 11.1 Å². The third-order valence-corrected chi connectivity index (χ3v) is 6.60. The molecule has 2 aromatic heterocycles. The average molecular weight is 521 g/mol. The van der Waals surface area contributed by atoms with Crippen LogP contribution in [-0.4, -0.2) is 26.2 Å². The average Bonchev–Trinajstić information content (AvgIpc) is 3.71. The molecule has 8 heteroatoms. The summed E-state index contributed by atoms with van der Waals surface area (Å²) in [5.74, 6) is 2.39. The summed E-state index contributed by atoms with van der Waals surface area (Å²) in [5.41, 5.74) is 6.60. The summed E-state index contributed by atoms with van der Waals surface area (Å²) in [6.45, 7) is 8.51. The minimum absolute atomic E-state index is 0.0230. The molecule has 8 nitrogen and oxygen atoms in total. The Labute approximate surface area is 228 Å². The molecule has 6 rings (SSSR count). The number of imidazole rings is 1. The zero-order valence-electron chi connectivity index (χ0n) is 22.7. The van der Waals surface area contributed by atoms with Gasteiger partial charge in [0.25, 0.3) is 5.89 Å². The van der Waals surface area contributed by atoms with Crippen molar-refractivity contribution >= 4 is 11.0 Å². The highest BCUT2D eigenvalue weighted by atomic mass is 16.5. The summed E-state index contributed by atoms with van der Waals surface area (Å²) < 4.78 is 11.3. The molecule has 198 valence electrons. The molecular formula is C31H32N6O2. The minimum atomic E-state index is -0.0230. The lowest BCUT2D eigenvalue weighted by Gasteiger charge is -2.13.